The molecule has 0 radical (unpaired) electrons. The van der Waals surface area contributed by atoms with Crippen LogP contribution >= 0.6 is 0 Å². The number of nitrogens with zero attached hydrogens (tertiary/aromatic N) is 1. The van der Waals surface area contributed by atoms with Gasteiger partial charge in [0.25, 0.3) is 5.69 Å². The van der Waals surface area contributed by atoms with E-state index in [2.05, 4.69) is 4.72 Å². The van der Waals surface area contributed by atoms with Gasteiger partial charge in [-0.2, -0.15) is 0 Å². The van der Waals surface area contributed by atoms with E-state index in [1.54, 1.807) is 13.8 Å². The molecule has 122 valence electrons. The topological polar surface area (TPSA) is 127 Å². The highest BCUT2D eigenvalue weighted by Gasteiger charge is 2.28. The van der Waals surface area contributed by atoms with Crippen molar-refractivity contribution in [2.45, 2.75) is 44.0 Å². The molecule has 0 unspecified atom stereocenters. The van der Waals surface area contributed by atoms with Gasteiger partial charge in [0.1, 0.15) is 0 Å². The fourth-order valence-corrected chi connectivity index (χ4v) is 3.61. The van der Waals surface area contributed by atoms with Crippen molar-refractivity contribution in [1.29, 1.82) is 0 Å². The highest BCUT2D eigenvalue weighted by Crippen LogP contribution is 2.23. The van der Waals surface area contributed by atoms with Gasteiger partial charge in [-0.3, -0.25) is 14.9 Å². The Labute approximate surface area is 128 Å². The Bertz CT molecular complexity index is 696. The lowest BCUT2D eigenvalue weighted by Crippen LogP contribution is -2.43. The number of aliphatic carboxylic acids is 1. The van der Waals surface area contributed by atoms with E-state index < -0.39 is 26.5 Å². The Kier molecular flexibility index (Phi) is 5.26. The number of carboxylic acid groups (broad SMARTS) is 1. The summed E-state index contributed by atoms with van der Waals surface area (Å²) in [4.78, 5) is 20.6. The molecule has 2 N–H and O–H groups in total. The fourth-order valence-electron chi connectivity index (χ4n) is 1.94. The first kappa shape index (κ1) is 18.1. The zero-order valence-electron chi connectivity index (χ0n) is 12.5. The molecule has 0 aromatic heterocycles. The van der Waals surface area contributed by atoms with Crippen LogP contribution in [0.4, 0.5) is 5.69 Å². The average molecular weight is 330 g/mol. The maximum Gasteiger partial charge on any atom is 0.303 e. The second-order valence-electron chi connectivity index (χ2n) is 5.59. The second kappa shape index (κ2) is 6.41. The van der Waals surface area contributed by atoms with Gasteiger partial charge in [-0.15, -0.1) is 0 Å². The average Bonchev–Trinajstić information content (AvgIpc) is 2.34. The summed E-state index contributed by atoms with van der Waals surface area (Å²) >= 11 is 0. The first-order valence-electron chi connectivity index (χ1n) is 6.45. The number of sulfonamides is 1. The summed E-state index contributed by atoms with van der Waals surface area (Å²) in [6.07, 6.45) is -0.0532. The molecule has 1 aromatic carbocycles. The van der Waals surface area contributed by atoms with E-state index in [0.717, 1.165) is 6.07 Å². The van der Waals surface area contributed by atoms with Crippen LogP contribution in [0.15, 0.2) is 23.1 Å². The van der Waals surface area contributed by atoms with E-state index in [1.807, 2.05) is 0 Å². The summed E-state index contributed by atoms with van der Waals surface area (Å²) in [5, 5.41) is 19.4. The molecular formula is C13H18N2O6S. The molecule has 8 nitrogen and oxygen atoms in total. The molecule has 0 atom stereocenters. The zero-order chi connectivity index (χ0) is 17.1. The molecule has 22 heavy (non-hydrogen) atoms. The highest BCUT2D eigenvalue weighted by atomic mass is 32.2. The van der Waals surface area contributed by atoms with Crippen molar-refractivity contribution < 1.29 is 23.2 Å². The Morgan fingerprint density at radius 3 is 2.45 bits per heavy atom. The van der Waals surface area contributed by atoms with Crippen LogP contribution in [0.5, 0.6) is 0 Å². The number of nitro benzene ring substituents is 1. The lowest BCUT2D eigenvalue weighted by molar-refractivity contribution is -0.385. The first-order chi connectivity index (χ1) is 9.94. The molecule has 0 spiro atoms. The van der Waals surface area contributed by atoms with Crippen molar-refractivity contribution in [3.8, 4) is 0 Å². The lowest BCUT2D eigenvalue weighted by atomic mass is 10.0. The van der Waals surface area contributed by atoms with Gasteiger partial charge in [-0.1, -0.05) is 0 Å². The Balaban J connectivity index is 3.04. The molecule has 0 bridgehead atoms. The number of carboxylic acids is 1. The van der Waals surface area contributed by atoms with E-state index in [1.165, 1.54) is 19.1 Å². The third-order valence-corrected chi connectivity index (χ3v) is 4.89. The van der Waals surface area contributed by atoms with Crippen molar-refractivity contribution in [2.24, 2.45) is 0 Å². The molecular weight excluding hydrogens is 312 g/mol. The number of non-ortho nitro benzene ring substituents is 1. The van der Waals surface area contributed by atoms with Crippen LogP contribution in [-0.2, 0) is 14.8 Å². The molecule has 0 heterocycles. The van der Waals surface area contributed by atoms with Crippen LogP contribution < -0.4 is 4.72 Å². The predicted molar refractivity (Wildman–Crippen MR) is 79.1 cm³/mol. The molecule has 0 aliphatic carbocycles. The number of carbonyl (C=O) groups is 1. The van der Waals surface area contributed by atoms with Gasteiger partial charge < -0.3 is 5.11 Å². The normalized spacial score (nSPS) is 12.1. The van der Waals surface area contributed by atoms with Crippen LogP contribution in [0.2, 0.25) is 0 Å². The van der Waals surface area contributed by atoms with Crippen molar-refractivity contribution in [2.75, 3.05) is 0 Å². The van der Waals surface area contributed by atoms with Crippen LogP contribution in [0.3, 0.4) is 0 Å². The maximum absolute atomic E-state index is 12.4. The first-order valence-corrected chi connectivity index (χ1v) is 7.94. The largest absolute Gasteiger partial charge is 0.481 e. The van der Waals surface area contributed by atoms with Crippen LogP contribution in [0, 0.1) is 17.0 Å². The number of hydrogen-bond donors (Lipinski definition) is 2. The molecule has 9 heteroatoms. The van der Waals surface area contributed by atoms with Crippen molar-refractivity contribution in [1.82, 2.24) is 4.72 Å². The minimum absolute atomic E-state index is 0.0681. The van der Waals surface area contributed by atoms with Crippen molar-refractivity contribution in [3.05, 3.63) is 33.9 Å². The van der Waals surface area contributed by atoms with Gasteiger partial charge >= 0.3 is 5.97 Å². The molecule has 0 saturated carbocycles. The maximum atomic E-state index is 12.4. The summed E-state index contributed by atoms with van der Waals surface area (Å²) in [7, 11) is -3.90. The summed E-state index contributed by atoms with van der Waals surface area (Å²) in [6, 6.07) is 3.47. The predicted octanol–water partition coefficient (Wildman–Crippen LogP) is 1.82. The minimum Gasteiger partial charge on any atom is -0.481 e. The van der Waals surface area contributed by atoms with E-state index in [-0.39, 0.29) is 29.0 Å². The summed E-state index contributed by atoms with van der Waals surface area (Å²) in [5.74, 6) is -1.02. The third-order valence-electron chi connectivity index (χ3n) is 3.03. The summed E-state index contributed by atoms with van der Waals surface area (Å²) < 4.78 is 27.2. The van der Waals surface area contributed by atoms with Gasteiger partial charge in [0, 0.05) is 24.1 Å². The molecule has 1 rings (SSSR count). The van der Waals surface area contributed by atoms with Gasteiger partial charge in [0.05, 0.1) is 9.82 Å². The number of nitro groups is 1. The monoisotopic (exact) mass is 330 g/mol. The zero-order valence-corrected chi connectivity index (χ0v) is 13.3. The molecule has 0 amide bonds. The SMILES string of the molecule is Cc1cc([N+](=O)[O-])ccc1S(=O)(=O)NC(C)(C)CCC(=O)O. The Morgan fingerprint density at radius 2 is 2.00 bits per heavy atom. The number of hydrogen-bond acceptors (Lipinski definition) is 5. The number of aryl methyl sites for hydroxylation is 1. The third kappa shape index (κ3) is 4.78. The highest BCUT2D eigenvalue weighted by molar-refractivity contribution is 7.89. The Hall–Kier alpha value is -2.00. The Morgan fingerprint density at radius 1 is 1.41 bits per heavy atom. The van der Waals surface area contributed by atoms with E-state index in [9.17, 15) is 23.3 Å². The van der Waals surface area contributed by atoms with Gasteiger partial charge in [-0.05, 0) is 38.8 Å². The van der Waals surface area contributed by atoms with E-state index in [4.69, 9.17) is 5.11 Å². The minimum atomic E-state index is -3.90. The molecule has 0 saturated heterocycles. The van der Waals surface area contributed by atoms with Crippen LogP contribution in [-0.4, -0.2) is 30.0 Å². The van der Waals surface area contributed by atoms with Crippen molar-refractivity contribution >= 4 is 21.7 Å². The second-order valence-corrected chi connectivity index (χ2v) is 7.24. The molecule has 0 aliphatic rings. The quantitative estimate of drug-likeness (QED) is 0.580. The van der Waals surface area contributed by atoms with E-state index in [0.29, 0.717) is 0 Å². The molecule has 0 fully saturated rings. The fraction of sp³-hybridized carbons (Fsp3) is 0.462. The van der Waals surface area contributed by atoms with Gasteiger partial charge in [0.15, 0.2) is 0 Å². The lowest BCUT2D eigenvalue weighted by Gasteiger charge is -2.25. The molecule has 1 aromatic rings. The standard InChI is InChI=1S/C13H18N2O6S/c1-9-8-10(15(18)19)4-5-11(9)22(20,21)14-13(2,3)7-6-12(16)17/h4-5,8,14H,6-7H2,1-3H3,(H,16,17). The van der Waals surface area contributed by atoms with Gasteiger partial charge in [0.2, 0.25) is 10.0 Å². The summed E-state index contributed by atoms with van der Waals surface area (Å²) in [6.45, 7) is 4.62. The van der Waals surface area contributed by atoms with Gasteiger partial charge in [-0.25, -0.2) is 13.1 Å². The van der Waals surface area contributed by atoms with E-state index >= 15 is 0 Å². The number of benzene rings is 1. The van der Waals surface area contributed by atoms with Crippen molar-refractivity contribution in [3.63, 3.8) is 0 Å². The number of nitrogens with one attached hydrogen (secondary N) is 1. The smallest absolute Gasteiger partial charge is 0.303 e. The summed E-state index contributed by atoms with van der Waals surface area (Å²) in [5.41, 5.74) is -0.900. The van der Waals surface area contributed by atoms with Crippen LogP contribution in [0.1, 0.15) is 32.3 Å². The van der Waals surface area contributed by atoms with Crippen LogP contribution in [0.25, 0.3) is 0 Å². The number of rotatable bonds is 7. The molecule has 0 aliphatic heterocycles.